The van der Waals surface area contributed by atoms with Crippen molar-refractivity contribution >= 4 is 35.6 Å². The molecule has 15 nitrogen and oxygen atoms in total. The fourth-order valence-corrected chi connectivity index (χ4v) is 3.48. The van der Waals surface area contributed by atoms with Crippen LogP contribution in [-0.4, -0.2) is 77.9 Å². The number of hydrogen-bond donors (Lipinski definition) is 9. The smallest absolute Gasteiger partial charge is 0.326 e. The Bertz CT molecular complexity index is 817. The van der Waals surface area contributed by atoms with E-state index >= 15 is 0 Å². The van der Waals surface area contributed by atoms with Crippen LogP contribution in [0, 0.1) is 5.92 Å². The molecule has 14 N–H and O–H groups in total. The van der Waals surface area contributed by atoms with E-state index < -0.39 is 53.8 Å². The van der Waals surface area contributed by atoms with Crippen LogP contribution in [0.1, 0.15) is 65.2 Å². The number of aliphatic imine (C=N–C) groups is 1. The monoisotopic (exact) mass is 543 g/mol. The van der Waals surface area contributed by atoms with Gasteiger partial charge in [-0.25, -0.2) is 4.79 Å². The third-order valence-corrected chi connectivity index (χ3v) is 5.52. The third-order valence-electron chi connectivity index (χ3n) is 5.52. The quantitative estimate of drug-likeness (QED) is 0.0436. The van der Waals surface area contributed by atoms with Crippen LogP contribution in [-0.2, 0) is 24.0 Å². The standard InChI is InChI=1S/C23H45N9O6/c1-13(2)12-17(21(36)31-16(22(37)38)7-3-4-10-24)32-20(35)15(8-9-18(26)33)30-19(34)14(25)6-5-11-29-23(27)28/h13-17H,3-12,24-25H2,1-2H3,(H2,26,33)(H,30,34)(H,31,36)(H,32,35)(H,37,38)(H4,27,28,29). The van der Waals surface area contributed by atoms with Crippen LogP contribution < -0.4 is 44.6 Å². The van der Waals surface area contributed by atoms with E-state index in [2.05, 4.69) is 20.9 Å². The van der Waals surface area contributed by atoms with Gasteiger partial charge in [-0.1, -0.05) is 13.8 Å². The van der Waals surface area contributed by atoms with Crippen molar-refractivity contribution in [2.24, 2.45) is 39.6 Å². The Balaban J connectivity index is 5.46. The van der Waals surface area contributed by atoms with Crippen LogP contribution in [0.4, 0.5) is 0 Å². The Morgan fingerprint density at radius 3 is 1.89 bits per heavy atom. The number of rotatable bonds is 20. The van der Waals surface area contributed by atoms with Gasteiger partial charge in [-0.2, -0.15) is 0 Å². The molecule has 0 fully saturated rings. The minimum atomic E-state index is -1.21. The molecular weight excluding hydrogens is 498 g/mol. The second kappa shape index (κ2) is 18.7. The summed E-state index contributed by atoms with van der Waals surface area (Å²) in [5.74, 6) is -4.07. The lowest BCUT2D eigenvalue weighted by atomic mass is 10.0. The van der Waals surface area contributed by atoms with E-state index in [0.29, 0.717) is 25.8 Å². The minimum Gasteiger partial charge on any atom is -0.480 e. The maximum Gasteiger partial charge on any atom is 0.326 e. The summed E-state index contributed by atoms with van der Waals surface area (Å²) >= 11 is 0. The highest BCUT2D eigenvalue weighted by atomic mass is 16.4. The summed E-state index contributed by atoms with van der Waals surface area (Å²) in [6.07, 6.45) is 1.80. The zero-order valence-corrected chi connectivity index (χ0v) is 22.3. The van der Waals surface area contributed by atoms with E-state index in [1.807, 2.05) is 13.8 Å². The Hall–Kier alpha value is -3.46. The lowest BCUT2D eigenvalue weighted by molar-refractivity contribution is -0.142. The zero-order chi connectivity index (χ0) is 29.3. The van der Waals surface area contributed by atoms with Crippen LogP contribution in [0.5, 0.6) is 0 Å². The number of guanidine groups is 1. The molecule has 0 heterocycles. The van der Waals surface area contributed by atoms with Gasteiger partial charge in [0.1, 0.15) is 18.1 Å². The number of nitrogens with one attached hydrogen (secondary N) is 3. The van der Waals surface area contributed by atoms with E-state index in [-0.39, 0.29) is 50.5 Å². The first kappa shape index (κ1) is 34.5. The van der Waals surface area contributed by atoms with E-state index in [1.165, 1.54) is 0 Å². The van der Waals surface area contributed by atoms with Gasteiger partial charge < -0.3 is 49.7 Å². The molecule has 4 amide bonds. The molecule has 4 unspecified atom stereocenters. The highest BCUT2D eigenvalue weighted by molar-refractivity contribution is 5.94. The Morgan fingerprint density at radius 2 is 1.37 bits per heavy atom. The molecule has 0 aliphatic rings. The average molecular weight is 544 g/mol. The summed E-state index contributed by atoms with van der Waals surface area (Å²) in [7, 11) is 0. The Morgan fingerprint density at radius 1 is 0.789 bits per heavy atom. The molecule has 0 aromatic rings. The van der Waals surface area contributed by atoms with Crippen molar-refractivity contribution in [1.29, 1.82) is 0 Å². The molecule has 0 aromatic heterocycles. The zero-order valence-electron chi connectivity index (χ0n) is 22.3. The number of carboxylic acid groups (broad SMARTS) is 1. The number of hydrogen-bond acceptors (Lipinski definition) is 8. The Labute approximate surface area is 223 Å². The topological polar surface area (TPSA) is 284 Å². The lowest BCUT2D eigenvalue weighted by Crippen LogP contribution is -2.57. The molecule has 0 saturated carbocycles. The number of unbranched alkanes of at least 4 members (excludes halogenated alkanes) is 1. The fourth-order valence-electron chi connectivity index (χ4n) is 3.48. The van der Waals surface area contributed by atoms with Crippen molar-refractivity contribution in [3.05, 3.63) is 0 Å². The van der Waals surface area contributed by atoms with Crippen LogP contribution in [0.3, 0.4) is 0 Å². The van der Waals surface area contributed by atoms with Crippen molar-refractivity contribution in [2.75, 3.05) is 13.1 Å². The number of primary amides is 1. The van der Waals surface area contributed by atoms with Gasteiger partial charge in [0.15, 0.2) is 5.96 Å². The molecule has 0 aliphatic heterocycles. The molecule has 0 aliphatic carbocycles. The van der Waals surface area contributed by atoms with Gasteiger partial charge in [0.05, 0.1) is 6.04 Å². The maximum absolute atomic E-state index is 13.1. The summed E-state index contributed by atoms with van der Waals surface area (Å²) in [5, 5.41) is 17.0. The second-order valence-electron chi connectivity index (χ2n) is 9.50. The molecule has 0 radical (unpaired) electrons. The molecule has 0 bridgehead atoms. The summed E-state index contributed by atoms with van der Waals surface area (Å²) < 4.78 is 0. The van der Waals surface area contributed by atoms with Gasteiger partial charge in [-0.3, -0.25) is 24.2 Å². The largest absolute Gasteiger partial charge is 0.480 e. The first-order valence-corrected chi connectivity index (χ1v) is 12.7. The van der Waals surface area contributed by atoms with E-state index in [0.717, 1.165) is 0 Å². The van der Waals surface area contributed by atoms with Crippen LogP contribution in [0.2, 0.25) is 0 Å². The summed E-state index contributed by atoms with van der Waals surface area (Å²) in [4.78, 5) is 65.4. The molecule has 0 saturated heterocycles. The third kappa shape index (κ3) is 15.6. The van der Waals surface area contributed by atoms with Gasteiger partial charge in [0.25, 0.3) is 0 Å². The van der Waals surface area contributed by atoms with Gasteiger partial charge in [0.2, 0.25) is 23.6 Å². The predicted octanol–water partition coefficient (Wildman–Crippen LogP) is -2.65. The second-order valence-corrected chi connectivity index (χ2v) is 9.50. The van der Waals surface area contributed by atoms with Gasteiger partial charge >= 0.3 is 5.97 Å². The maximum atomic E-state index is 13.1. The number of nitrogens with two attached hydrogens (primary N) is 5. The van der Waals surface area contributed by atoms with Gasteiger partial charge in [-0.05, 0) is 57.4 Å². The Kier molecular flexibility index (Phi) is 17.0. The molecule has 218 valence electrons. The van der Waals surface area contributed by atoms with Crippen LogP contribution >= 0.6 is 0 Å². The number of carbonyl (C=O) groups excluding carboxylic acids is 4. The van der Waals surface area contributed by atoms with Crippen molar-refractivity contribution < 1.29 is 29.1 Å². The number of carboxylic acids is 1. The summed E-state index contributed by atoms with van der Waals surface area (Å²) in [5.41, 5.74) is 27.1. The molecule has 38 heavy (non-hydrogen) atoms. The normalized spacial score (nSPS) is 14.0. The van der Waals surface area contributed by atoms with Crippen LogP contribution in [0.15, 0.2) is 4.99 Å². The number of nitrogens with zero attached hydrogens (tertiary/aromatic N) is 1. The first-order chi connectivity index (χ1) is 17.8. The number of aliphatic carboxylic acids is 1. The highest BCUT2D eigenvalue weighted by Crippen LogP contribution is 2.09. The van der Waals surface area contributed by atoms with E-state index in [4.69, 9.17) is 28.7 Å². The van der Waals surface area contributed by atoms with Crippen molar-refractivity contribution in [3.8, 4) is 0 Å². The summed E-state index contributed by atoms with van der Waals surface area (Å²) in [6, 6.07) is -4.42. The number of amides is 4. The predicted molar refractivity (Wildman–Crippen MR) is 142 cm³/mol. The molecular formula is C23H45N9O6. The lowest BCUT2D eigenvalue weighted by Gasteiger charge is -2.26. The van der Waals surface area contributed by atoms with Crippen molar-refractivity contribution in [3.63, 3.8) is 0 Å². The van der Waals surface area contributed by atoms with Crippen molar-refractivity contribution in [2.45, 2.75) is 89.4 Å². The van der Waals surface area contributed by atoms with Gasteiger partial charge in [0, 0.05) is 13.0 Å². The SMILES string of the molecule is CC(C)CC(NC(=O)C(CCC(N)=O)NC(=O)C(N)CCCN=C(N)N)C(=O)NC(CCCCN)C(=O)O. The average Bonchev–Trinajstić information content (AvgIpc) is 2.82. The molecule has 0 aromatic carbocycles. The van der Waals surface area contributed by atoms with Gasteiger partial charge in [-0.15, -0.1) is 0 Å². The van der Waals surface area contributed by atoms with Crippen molar-refractivity contribution in [1.82, 2.24) is 16.0 Å². The number of carbonyl (C=O) groups is 5. The van der Waals surface area contributed by atoms with E-state index in [1.54, 1.807) is 0 Å². The minimum absolute atomic E-state index is 0.0381. The molecule has 0 rings (SSSR count). The van der Waals surface area contributed by atoms with E-state index in [9.17, 15) is 29.1 Å². The molecule has 0 spiro atoms. The first-order valence-electron chi connectivity index (χ1n) is 12.7. The summed E-state index contributed by atoms with van der Waals surface area (Å²) in [6.45, 7) is 4.32. The molecule has 4 atom stereocenters. The van der Waals surface area contributed by atoms with Crippen LogP contribution in [0.25, 0.3) is 0 Å². The fraction of sp³-hybridized carbons (Fsp3) is 0.739. The highest BCUT2D eigenvalue weighted by Gasteiger charge is 2.30. The molecule has 15 heteroatoms.